The summed E-state index contributed by atoms with van der Waals surface area (Å²) in [6.45, 7) is 4.81. The van der Waals surface area contributed by atoms with Gasteiger partial charge >= 0.3 is 0 Å². The predicted molar refractivity (Wildman–Crippen MR) is 222 cm³/mol. The second kappa shape index (κ2) is 11.3. The molecule has 0 bridgehead atoms. The van der Waals surface area contributed by atoms with E-state index in [1.165, 1.54) is 88.7 Å². The van der Waals surface area contributed by atoms with E-state index < -0.39 is 0 Å². The fraction of sp³-hybridized carbons (Fsp3) is 0.132. The lowest BCUT2D eigenvalue weighted by Crippen LogP contribution is -2.41. The van der Waals surface area contributed by atoms with Crippen molar-refractivity contribution in [2.75, 3.05) is 0 Å². The normalized spacial score (nSPS) is 18.3. The average molecular weight is 677 g/mol. The van der Waals surface area contributed by atoms with Crippen molar-refractivity contribution in [3.05, 3.63) is 226 Å². The topological polar surface area (TPSA) is 0 Å². The molecule has 4 aliphatic carbocycles. The molecular weight excluding hydrogens is 637 g/mol. The molecule has 11 rings (SSSR count). The number of hydrogen-bond acceptors (Lipinski definition) is 0. The SMILES string of the molecule is CC1(C)c2ccccc2C2(C3=C(C=CCC3)c3cc(-c4ccc(-c5ccc(C6C=C6c6ccccc6)cc5)c5ccccc45)ccc32)c2ccccc21. The lowest BCUT2D eigenvalue weighted by molar-refractivity contribution is 0.550. The van der Waals surface area contributed by atoms with Gasteiger partial charge in [-0.2, -0.15) is 0 Å². The van der Waals surface area contributed by atoms with Crippen LogP contribution in [-0.2, 0) is 10.8 Å². The summed E-state index contributed by atoms with van der Waals surface area (Å²) in [6.07, 6.45) is 9.33. The minimum atomic E-state index is -0.285. The molecule has 1 unspecified atom stereocenters. The molecule has 53 heavy (non-hydrogen) atoms. The first-order valence-corrected chi connectivity index (χ1v) is 19.2. The van der Waals surface area contributed by atoms with Crippen LogP contribution < -0.4 is 0 Å². The maximum absolute atomic E-state index is 2.50. The van der Waals surface area contributed by atoms with Gasteiger partial charge in [-0.1, -0.05) is 184 Å². The highest BCUT2D eigenvalue weighted by molar-refractivity contribution is 6.06. The van der Waals surface area contributed by atoms with Crippen LogP contribution in [0.2, 0.25) is 0 Å². The zero-order chi connectivity index (χ0) is 35.3. The Hall–Kier alpha value is -5.98. The standard InChI is InChI=1S/C53H40/c1-52(2)48-20-10-12-22-50(48)53(51-23-13-11-21-49(51)52)46-19-9-8-18-42(46)45-32-37(28-31-47(45)53)39-30-29-38(40-16-6-7-17-41(39)40)35-24-26-36(27-25-35)44-33-43(44)34-14-4-3-5-15-34/h3-8,10-18,20-33,44H,9,19H2,1-2H3. The van der Waals surface area contributed by atoms with Crippen LogP contribution >= 0.6 is 0 Å². The van der Waals surface area contributed by atoms with Crippen molar-refractivity contribution in [3.63, 3.8) is 0 Å². The number of fused-ring (bicyclic) bond motifs is 9. The molecule has 0 aliphatic heterocycles. The third-order valence-electron chi connectivity index (χ3n) is 12.8. The molecule has 0 fully saturated rings. The van der Waals surface area contributed by atoms with Gasteiger partial charge in [0, 0.05) is 11.3 Å². The minimum Gasteiger partial charge on any atom is -0.0836 e. The predicted octanol–water partition coefficient (Wildman–Crippen LogP) is 13.4. The summed E-state index contributed by atoms with van der Waals surface area (Å²) in [5, 5.41) is 2.58. The van der Waals surface area contributed by atoms with Gasteiger partial charge in [0.05, 0.1) is 5.41 Å². The Morgan fingerprint density at radius 2 is 1.08 bits per heavy atom. The van der Waals surface area contributed by atoms with Gasteiger partial charge in [-0.05, 0) is 113 Å². The summed E-state index contributed by atoms with van der Waals surface area (Å²) >= 11 is 0. The van der Waals surface area contributed by atoms with Crippen molar-refractivity contribution in [1.82, 2.24) is 0 Å². The first kappa shape index (κ1) is 30.6. The van der Waals surface area contributed by atoms with E-state index in [-0.39, 0.29) is 10.8 Å². The van der Waals surface area contributed by atoms with Crippen LogP contribution in [0.3, 0.4) is 0 Å². The van der Waals surface area contributed by atoms with E-state index in [0.717, 1.165) is 12.8 Å². The molecule has 4 aliphatic rings. The highest BCUT2D eigenvalue weighted by Crippen LogP contribution is 2.63. The molecule has 0 heteroatoms. The maximum Gasteiger partial charge on any atom is 0.0682 e. The largest absolute Gasteiger partial charge is 0.0836 e. The second-order valence-electron chi connectivity index (χ2n) is 15.9. The smallest absolute Gasteiger partial charge is 0.0682 e. The fourth-order valence-electron chi connectivity index (χ4n) is 10.3. The molecule has 0 N–H and O–H groups in total. The van der Waals surface area contributed by atoms with Gasteiger partial charge in [-0.3, -0.25) is 0 Å². The molecule has 0 radical (unpaired) electrons. The average Bonchev–Trinajstić information content (AvgIpc) is 3.97. The summed E-state index contributed by atoms with van der Waals surface area (Å²) in [5.41, 5.74) is 20.4. The maximum atomic E-state index is 2.50. The lowest BCUT2D eigenvalue weighted by atomic mass is 9.54. The van der Waals surface area contributed by atoms with Gasteiger partial charge in [0.1, 0.15) is 0 Å². The van der Waals surface area contributed by atoms with Crippen molar-refractivity contribution < 1.29 is 0 Å². The second-order valence-corrected chi connectivity index (χ2v) is 15.9. The quantitative estimate of drug-likeness (QED) is 0.174. The first-order valence-electron chi connectivity index (χ1n) is 19.2. The summed E-state index contributed by atoms with van der Waals surface area (Å²) in [7, 11) is 0. The Balaban J connectivity index is 1.03. The molecule has 7 aromatic carbocycles. The molecule has 0 aromatic heterocycles. The van der Waals surface area contributed by atoms with Crippen LogP contribution in [0.15, 0.2) is 182 Å². The van der Waals surface area contributed by atoms with Crippen molar-refractivity contribution >= 4 is 21.9 Å². The van der Waals surface area contributed by atoms with E-state index in [4.69, 9.17) is 0 Å². The van der Waals surface area contributed by atoms with Crippen LogP contribution in [0.1, 0.15) is 77.1 Å². The Kier molecular flexibility index (Phi) is 6.51. The molecule has 1 spiro atoms. The van der Waals surface area contributed by atoms with Gasteiger partial charge in [0.25, 0.3) is 0 Å². The zero-order valence-corrected chi connectivity index (χ0v) is 30.2. The minimum absolute atomic E-state index is 0.0762. The van der Waals surface area contributed by atoms with Gasteiger partial charge in [-0.15, -0.1) is 0 Å². The zero-order valence-electron chi connectivity index (χ0n) is 30.2. The lowest BCUT2D eigenvalue weighted by Gasteiger charge is -2.47. The highest BCUT2D eigenvalue weighted by Gasteiger charge is 2.54. The Bertz CT molecular complexity index is 2680. The van der Waals surface area contributed by atoms with Crippen LogP contribution in [0.4, 0.5) is 0 Å². The number of allylic oxidation sites excluding steroid dienone is 6. The summed E-state index contributed by atoms with van der Waals surface area (Å²) in [6, 6.07) is 59.6. The van der Waals surface area contributed by atoms with Crippen LogP contribution in [0, 0.1) is 0 Å². The first-order chi connectivity index (χ1) is 26.0. The van der Waals surface area contributed by atoms with Crippen molar-refractivity contribution in [2.24, 2.45) is 0 Å². The Labute approximate surface area is 312 Å². The van der Waals surface area contributed by atoms with E-state index in [1.54, 1.807) is 5.57 Å². The summed E-state index contributed by atoms with van der Waals surface area (Å²) in [5.74, 6) is 0.418. The van der Waals surface area contributed by atoms with Crippen LogP contribution in [0.5, 0.6) is 0 Å². The van der Waals surface area contributed by atoms with Crippen LogP contribution in [0.25, 0.3) is 44.2 Å². The van der Waals surface area contributed by atoms with E-state index in [9.17, 15) is 0 Å². The molecule has 7 aromatic rings. The van der Waals surface area contributed by atoms with Gasteiger partial charge in [-0.25, -0.2) is 0 Å². The van der Waals surface area contributed by atoms with Crippen molar-refractivity contribution in [3.8, 4) is 22.3 Å². The molecular formula is C53H40. The molecule has 0 amide bonds. The molecule has 252 valence electrons. The highest BCUT2D eigenvalue weighted by atomic mass is 14.6. The van der Waals surface area contributed by atoms with E-state index in [0.29, 0.717) is 5.92 Å². The number of rotatable bonds is 4. The fourth-order valence-corrected chi connectivity index (χ4v) is 10.3. The van der Waals surface area contributed by atoms with Crippen LogP contribution in [-0.4, -0.2) is 0 Å². The monoisotopic (exact) mass is 676 g/mol. The summed E-state index contributed by atoms with van der Waals surface area (Å²) in [4.78, 5) is 0. The van der Waals surface area contributed by atoms with Gasteiger partial charge < -0.3 is 0 Å². The number of benzene rings is 7. The van der Waals surface area contributed by atoms with Gasteiger partial charge in [0.2, 0.25) is 0 Å². The third-order valence-corrected chi connectivity index (χ3v) is 12.8. The van der Waals surface area contributed by atoms with E-state index >= 15 is 0 Å². The molecule has 0 heterocycles. The van der Waals surface area contributed by atoms with Gasteiger partial charge in [0.15, 0.2) is 0 Å². The molecule has 1 atom stereocenters. The molecule has 0 saturated heterocycles. The third kappa shape index (κ3) is 4.30. The van der Waals surface area contributed by atoms with Crippen molar-refractivity contribution in [1.29, 1.82) is 0 Å². The Morgan fingerprint density at radius 3 is 1.75 bits per heavy atom. The van der Waals surface area contributed by atoms with E-state index in [1.807, 2.05) is 0 Å². The molecule has 0 nitrogen and oxygen atoms in total. The molecule has 0 saturated carbocycles. The summed E-state index contributed by atoms with van der Waals surface area (Å²) < 4.78 is 0. The number of hydrogen-bond donors (Lipinski definition) is 0. The van der Waals surface area contributed by atoms with Crippen molar-refractivity contribution in [2.45, 2.75) is 43.4 Å². The Morgan fingerprint density at radius 1 is 0.491 bits per heavy atom. The van der Waals surface area contributed by atoms with E-state index in [2.05, 4.69) is 190 Å².